The zero-order valence-electron chi connectivity index (χ0n) is 16.7. The molecule has 0 fully saturated rings. The van der Waals surface area contributed by atoms with Gasteiger partial charge in [-0.1, -0.05) is 70.9 Å². The van der Waals surface area contributed by atoms with Crippen molar-refractivity contribution >= 4 is 10.1 Å². The van der Waals surface area contributed by atoms with Crippen molar-refractivity contribution in [2.45, 2.75) is 90.4 Å². The van der Waals surface area contributed by atoms with Crippen LogP contribution in [0.2, 0.25) is 0 Å². The van der Waals surface area contributed by atoms with Crippen molar-refractivity contribution in [3.8, 4) is 0 Å². The molecule has 0 spiro atoms. The minimum absolute atomic E-state index is 0. The van der Waals surface area contributed by atoms with E-state index in [9.17, 15) is 13.0 Å². The fourth-order valence-corrected chi connectivity index (χ4v) is 4.17. The molecule has 25 heavy (non-hydrogen) atoms. The van der Waals surface area contributed by atoms with Gasteiger partial charge in [-0.15, -0.1) is 0 Å². The Labute approximate surface area is 177 Å². The third-order valence-corrected chi connectivity index (χ3v) is 5.80. The van der Waals surface area contributed by atoms with Crippen LogP contribution in [0.3, 0.4) is 0 Å². The fraction of sp³-hybridized carbons (Fsp3) is 0.700. The first-order valence-corrected chi connectivity index (χ1v) is 10.7. The van der Waals surface area contributed by atoms with Crippen molar-refractivity contribution < 1.29 is 42.5 Å². The predicted molar refractivity (Wildman–Crippen MR) is 99.4 cm³/mol. The molecule has 0 bridgehead atoms. The summed E-state index contributed by atoms with van der Waals surface area (Å²) in [5, 5.41) is 0. The molecule has 0 saturated carbocycles. The van der Waals surface area contributed by atoms with Crippen molar-refractivity contribution in [1.82, 2.24) is 0 Å². The van der Waals surface area contributed by atoms with E-state index in [1.807, 2.05) is 13.0 Å². The van der Waals surface area contributed by atoms with E-state index < -0.39 is 10.1 Å². The Morgan fingerprint density at radius 2 is 1.44 bits per heavy atom. The summed E-state index contributed by atoms with van der Waals surface area (Å²) in [5.74, 6) is 0.800. The van der Waals surface area contributed by atoms with Gasteiger partial charge in [-0.2, -0.15) is 0 Å². The number of benzene rings is 1. The topological polar surface area (TPSA) is 57.2 Å². The minimum Gasteiger partial charge on any atom is -0.744 e. The Bertz CT molecular complexity index is 610. The number of hydrogen-bond acceptors (Lipinski definition) is 3. The predicted octanol–water partition coefficient (Wildman–Crippen LogP) is 2.53. The monoisotopic (exact) mass is 376 g/mol. The number of rotatable bonds is 11. The van der Waals surface area contributed by atoms with Crippen LogP contribution in [0.4, 0.5) is 0 Å². The smallest absolute Gasteiger partial charge is 0.744 e. The van der Waals surface area contributed by atoms with Crippen molar-refractivity contribution in [2.24, 2.45) is 5.92 Å². The van der Waals surface area contributed by atoms with Crippen LogP contribution in [0.5, 0.6) is 0 Å². The molecule has 0 aliphatic rings. The molecule has 1 rings (SSSR count). The molecule has 138 valence electrons. The van der Waals surface area contributed by atoms with Crippen LogP contribution in [0.25, 0.3) is 0 Å². The van der Waals surface area contributed by atoms with Crippen LogP contribution in [0, 0.1) is 19.8 Å². The second-order valence-corrected chi connectivity index (χ2v) is 8.67. The van der Waals surface area contributed by atoms with Gasteiger partial charge >= 0.3 is 29.6 Å². The maximum atomic E-state index is 11.6. The van der Waals surface area contributed by atoms with Crippen LogP contribution in [-0.4, -0.2) is 13.0 Å². The molecule has 0 aliphatic carbocycles. The molecule has 0 N–H and O–H groups in total. The second kappa shape index (κ2) is 12.5. The SMILES string of the molecule is Cc1ccc(CCCCCCCCCC(C)C)c(S(=O)(=O)[O-])c1C.[Na+]. The average molecular weight is 377 g/mol. The molecule has 1 aromatic rings. The number of unbranched alkanes of at least 4 members (excludes halogenated alkanes) is 6. The van der Waals surface area contributed by atoms with E-state index in [0.29, 0.717) is 17.5 Å². The van der Waals surface area contributed by atoms with Gasteiger partial charge in [0, 0.05) is 0 Å². The fourth-order valence-electron chi connectivity index (χ4n) is 3.14. The molecule has 0 aliphatic heterocycles. The summed E-state index contributed by atoms with van der Waals surface area (Å²) in [6, 6.07) is 3.72. The zero-order chi connectivity index (χ0) is 18.2. The molecular formula is C20H33NaO3S. The van der Waals surface area contributed by atoms with Crippen LogP contribution in [0.15, 0.2) is 17.0 Å². The molecule has 0 heterocycles. The molecule has 0 radical (unpaired) electrons. The van der Waals surface area contributed by atoms with Gasteiger partial charge in [0.2, 0.25) is 0 Å². The summed E-state index contributed by atoms with van der Waals surface area (Å²) in [4.78, 5) is 0.0104. The van der Waals surface area contributed by atoms with Crippen molar-refractivity contribution in [1.29, 1.82) is 0 Å². The maximum Gasteiger partial charge on any atom is 1.00 e. The Morgan fingerprint density at radius 3 is 1.96 bits per heavy atom. The summed E-state index contributed by atoms with van der Waals surface area (Å²) in [7, 11) is -4.40. The summed E-state index contributed by atoms with van der Waals surface area (Å²) in [6.07, 6.45) is 10.4. The van der Waals surface area contributed by atoms with E-state index in [-0.39, 0.29) is 34.5 Å². The summed E-state index contributed by atoms with van der Waals surface area (Å²) < 4.78 is 34.7. The minimum atomic E-state index is -4.40. The van der Waals surface area contributed by atoms with Crippen LogP contribution in [-0.2, 0) is 16.5 Å². The molecule has 0 amide bonds. The van der Waals surface area contributed by atoms with Crippen LogP contribution >= 0.6 is 0 Å². The normalized spacial score (nSPS) is 11.6. The third-order valence-electron chi connectivity index (χ3n) is 4.74. The van der Waals surface area contributed by atoms with Crippen molar-refractivity contribution in [3.05, 3.63) is 28.8 Å². The van der Waals surface area contributed by atoms with Gasteiger partial charge in [-0.05, 0) is 49.3 Å². The first-order chi connectivity index (χ1) is 11.2. The van der Waals surface area contributed by atoms with E-state index in [1.165, 1.54) is 38.5 Å². The largest absolute Gasteiger partial charge is 1.00 e. The summed E-state index contributed by atoms with van der Waals surface area (Å²) in [5.41, 5.74) is 2.15. The first kappa shape index (κ1) is 25.1. The van der Waals surface area contributed by atoms with E-state index in [1.54, 1.807) is 13.0 Å². The van der Waals surface area contributed by atoms with E-state index in [4.69, 9.17) is 0 Å². The Hall–Kier alpha value is 0.130. The molecule has 0 aromatic heterocycles. The molecule has 0 unspecified atom stereocenters. The third kappa shape index (κ3) is 9.58. The van der Waals surface area contributed by atoms with Gasteiger partial charge in [0.05, 0.1) is 4.90 Å². The van der Waals surface area contributed by atoms with E-state index >= 15 is 0 Å². The average Bonchev–Trinajstić information content (AvgIpc) is 2.47. The van der Waals surface area contributed by atoms with Gasteiger partial charge in [0.1, 0.15) is 10.1 Å². The van der Waals surface area contributed by atoms with Crippen LogP contribution < -0.4 is 29.6 Å². The Kier molecular flexibility index (Phi) is 12.6. The Balaban J connectivity index is 0.00000576. The number of aryl methyl sites for hydroxylation is 2. The first-order valence-electron chi connectivity index (χ1n) is 9.28. The molecule has 0 atom stereocenters. The molecule has 3 nitrogen and oxygen atoms in total. The standard InChI is InChI=1S/C20H34O3S.Na/c1-16(2)12-10-8-6-5-7-9-11-13-19-15-14-17(3)18(4)20(19)24(21,22)23;/h14-16H,5-13H2,1-4H3,(H,21,22,23);/q;+1/p-1. The van der Waals surface area contributed by atoms with Gasteiger partial charge in [-0.25, -0.2) is 8.42 Å². The van der Waals surface area contributed by atoms with Gasteiger partial charge in [-0.3, -0.25) is 0 Å². The van der Waals surface area contributed by atoms with E-state index in [2.05, 4.69) is 13.8 Å². The maximum absolute atomic E-state index is 11.6. The zero-order valence-corrected chi connectivity index (χ0v) is 19.5. The quantitative estimate of drug-likeness (QED) is 0.339. The Morgan fingerprint density at radius 1 is 0.920 bits per heavy atom. The van der Waals surface area contributed by atoms with Gasteiger partial charge in [0.15, 0.2) is 0 Å². The van der Waals surface area contributed by atoms with Crippen molar-refractivity contribution in [3.63, 3.8) is 0 Å². The van der Waals surface area contributed by atoms with Crippen molar-refractivity contribution in [2.75, 3.05) is 0 Å². The second-order valence-electron chi connectivity index (χ2n) is 7.36. The molecular weight excluding hydrogens is 343 g/mol. The van der Waals surface area contributed by atoms with Crippen LogP contribution in [0.1, 0.15) is 81.9 Å². The molecule has 1 aromatic carbocycles. The van der Waals surface area contributed by atoms with Gasteiger partial charge in [0.25, 0.3) is 0 Å². The summed E-state index contributed by atoms with van der Waals surface area (Å²) >= 11 is 0. The molecule has 5 heteroatoms. The summed E-state index contributed by atoms with van der Waals surface area (Å²) in [6.45, 7) is 8.10. The van der Waals surface area contributed by atoms with Gasteiger partial charge < -0.3 is 4.55 Å². The number of hydrogen-bond donors (Lipinski definition) is 0. The molecule has 0 saturated heterocycles. The van der Waals surface area contributed by atoms with E-state index in [0.717, 1.165) is 24.3 Å².